The van der Waals surface area contributed by atoms with Crippen molar-refractivity contribution < 1.29 is 34.2 Å². The number of nitrogens with two attached hydrogens (primary N) is 2. The second kappa shape index (κ2) is 16.1. The SMILES string of the molecule is CSCCC(NC(=O)C(N)Cc1ccc(O)cc1)C(=O)NC(Cc1ccccc1)C(=O)NC(CC(N)=O)C(=O)O. The standard InChI is InChI=1S/C27H35N5O7S/c1-40-12-11-20(30-24(35)19(28)13-17-7-9-18(33)10-8-17)25(36)31-21(14-16-5-3-2-4-6-16)26(37)32-22(27(38)39)15-23(29)34/h2-10,19-22,33H,11-15,28H2,1H3,(H2,29,34)(H,30,35)(H,31,36)(H,32,37)(H,38,39). The fraction of sp³-hybridized carbons (Fsp3) is 0.370. The predicted octanol–water partition coefficient (Wildman–Crippen LogP) is -0.328. The van der Waals surface area contributed by atoms with Crippen LogP contribution in [0, 0.1) is 0 Å². The minimum Gasteiger partial charge on any atom is -0.508 e. The first-order valence-electron chi connectivity index (χ1n) is 12.5. The van der Waals surface area contributed by atoms with E-state index in [9.17, 15) is 34.2 Å². The molecule has 0 aromatic heterocycles. The second-order valence-electron chi connectivity index (χ2n) is 9.14. The fourth-order valence-corrected chi connectivity index (χ4v) is 4.24. The van der Waals surface area contributed by atoms with Crippen LogP contribution in [-0.2, 0) is 36.8 Å². The molecule has 0 fully saturated rings. The third kappa shape index (κ3) is 10.9. The molecule has 0 aliphatic heterocycles. The van der Waals surface area contributed by atoms with Crippen LogP contribution in [0.25, 0.3) is 0 Å². The Balaban J connectivity index is 2.19. The zero-order valence-corrected chi connectivity index (χ0v) is 22.9. The number of thioether (sulfide) groups is 1. The third-order valence-corrected chi connectivity index (χ3v) is 6.55. The van der Waals surface area contributed by atoms with Gasteiger partial charge in [0.25, 0.3) is 0 Å². The summed E-state index contributed by atoms with van der Waals surface area (Å²) >= 11 is 1.46. The highest BCUT2D eigenvalue weighted by molar-refractivity contribution is 7.98. The summed E-state index contributed by atoms with van der Waals surface area (Å²) in [4.78, 5) is 62.1. The highest BCUT2D eigenvalue weighted by Gasteiger charge is 2.31. The van der Waals surface area contributed by atoms with Crippen molar-refractivity contribution in [3.63, 3.8) is 0 Å². The van der Waals surface area contributed by atoms with Gasteiger partial charge in [-0.1, -0.05) is 42.5 Å². The average molecular weight is 574 g/mol. The van der Waals surface area contributed by atoms with Crippen LogP contribution in [0.1, 0.15) is 24.0 Å². The molecular formula is C27H35N5O7S. The number of phenols is 1. The average Bonchev–Trinajstić information content (AvgIpc) is 2.91. The topological polar surface area (TPSA) is 214 Å². The van der Waals surface area contributed by atoms with Gasteiger partial charge in [-0.05, 0) is 48.1 Å². The van der Waals surface area contributed by atoms with E-state index in [4.69, 9.17) is 11.5 Å². The maximum absolute atomic E-state index is 13.3. The number of carboxylic acid groups (broad SMARTS) is 1. The summed E-state index contributed by atoms with van der Waals surface area (Å²) in [6, 6.07) is 10.2. The summed E-state index contributed by atoms with van der Waals surface area (Å²) in [5, 5.41) is 26.4. The predicted molar refractivity (Wildman–Crippen MR) is 150 cm³/mol. The van der Waals surface area contributed by atoms with Gasteiger partial charge in [-0.25, -0.2) is 4.79 Å². The van der Waals surface area contributed by atoms with Crippen molar-refractivity contribution in [3.8, 4) is 5.75 Å². The number of hydrogen-bond donors (Lipinski definition) is 7. The highest BCUT2D eigenvalue weighted by Crippen LogP contribution is 2.12. The molecule has 0 heterocycles. The van der Waals surface area contributed by atoms with Crippen LogP contribution in [0.5, 0.6) is 5.75 Å². The lowest BCUT2D eigenvalue weighted by Gasteiger charge is -2.25. The van der Waals surface area contributed by atoms with E-state index in [0.717, 1.165) is 0 Å². The maximum atomic E-state index is 13.3. The number of carbonyl (C=O) groups is 5. The Morgan fingerprint density at radius 1 is 0.800 bits per heavy atom. The molecule has 0 aliphatic rings. The van der Waals surface area contributed by atoms with Crippen molar-refractivity contribution >= 4 is 41.4 Å². The third-order valence-electron chi connectivity index (χ3n) is 5.91. The number of aromatic hydroxyl groups is 1. The van der Waals surface area contributed by atoms with Gasteiger partial charge in [0.1, 0.15) is 23.9 Å². The normalized spacial score (nSPS) is 13.8. The lowest BCUT2D eigenvalue weighted by Crippen LogP contribution is -2.58. The fourth-order valence-electron chi connectivity index (χ4n) is 3.77. The Kier molecular flexibility index (Phi) is 12.9. The zero-order valence-electron chi connectivity index (χ0n) is 22.0. The maximum Gasteiger partial charge on any atom is 0.326 e. The molecule has 2 rings (SSSR count). The van der Waals surface area contributed by atoms with Crippen molar-refractivity contribution in [3.05, 3.63) is 65.7 Å². The van der Waals surface area contributed by atoms with E-state index < -0.39 is 60.2 Å². The smallest absolute Gasteiger partial charge is 0.326 e. The second-order valence-corrected chi connectivity index (χ2v) is 10.1. The summed E-state index contributed by atoms with van der Waals surface area (Å²) in [5.74, 6) is -3.84. The molecule has 216 valence electrons. The number of carboxylic acids is 1. The molecule has 0 saturated carbocycles. The first-order chi connectivity index (χ1) is 19.0. The summed E-state index contributed by atoms with van der Waals surface area (Å²) in [6.07, 6.45) is 1.63. The van der Waals surface area contributed by atoms with E-state index in [1.54, 1.807) is 42.5 Å². The molecule has 12 nitrogen and oxygen atoms in total. The molecule has 0 saturated heterocycles. The van der Waals surface area contributed by atoms with Crippen LogP contribution in [-0.4, -0.2) is 76.0 Å². The Bertz CT molecular complexity index is 1160. The molecule has 9 N–H and O–H groups in total. The molecule has 40 heavy (non-hydrogen) atoms. The number of hydrogen-bond acceptors (Lipinski definition) is 8. The minimum absolute atomic E-state index is 0.0187. The number of aliphatic carboxylic acids is 1. The molecule has 4 unspecified atom stereocenters. The number of amides is 4. The molecule has 0 aliphatic carbocycles. The van der Waals surface area contributed by atoms with Gasteiger partial charge < -0.3 is 37.6 Å². The number of nitrogens with one attached hydrogen (secondary N) is 3. The lowest BCUT2D eigenvalue weighted by molar-refractivity contribution is -0.143. The van der Waals surface area contributed by atoms with Crippen LogP contribution in [0.3, 0.4) is 0 Å². The van der Waals surface area contributed by atoms with E-state index in [2.05, 4.69) is 16.0 Å². The monoisotopic (exact) mass is 573 g/mol. The van der Waals surface area contributed by atoms with E-state index in [1.807, 2.05) is 6.26 Å². The molecule has 0 bridgehead atoms. The summed E-state index contributed by atoms with van der Waals surface area (Å²) in [5.41, 5.74) is 12.6. The first-order valence-corrected chi connectivity index (χ1v) is 13.9. The van der Waals surface area contributed by atoms with Gasteiger partial charge in [-0.2, -0.15) is 11.8 Å². The van der Waals surface area contributed by atoms with E-state index in [1.165, 1.54) is 23.9 Å². The van der Waals surface area contributed by atoms with Gasteiger partial charge in [0, 0.05) is 6.42 Å². The van der Waals surface area contributed by atoms with Crippen molar-refractivity contribution in [2.24, 2.45) is 11.5 Å². The number of primary amides is 1. The zero-order chi connectivity index (χ0) is 29.7. The van der Waals surface area contributed by atoms with Gasteiger partial charge in [-0.15, -0.1) is 0 Å². The van der Waals surface area contributed by atoms with Gasteiger partial charge in [0.05, 0.1) is 12.5 Å². The Morgan fingerprint density at radius 3 is 1.93 bits per heavy atom. The molecule has 4 atom stereocenters. The molecule has 2 aromatic rings. The Hall–Kier alpha value is -4.10. The number of phenolic OH excluding ortho intramolecular Hbond substituents is 1. The van der Waals surface area contributed by atoms with Crippen LogP contribution >= 0.6 is 11.8 Å². The molecular weight excluding hydrogens is 538 g/mol. The first kappa shape index (κ1) is 32.1. The lowest BCUT2D eigenvalue weighted by atomic mass is 10.0. The van der Waals surface area contributed by atoms with Crippen LogP contribution < -0.4 is 27.4 Å². The number of benzene rings is 2. The Labute approximate surface area is 236 Å². The van der Waals surface area contributed by atoms with Crippen LogP contribution in [0.4, 0.5) is 0 Å². The highest BCUT2D eigenvalue weighted by atomic mass is 32.2. The minimum atomic E-state index is -1.58. The van der Waals surface area contributed by atoms with E-state index >= 15 is 0 Å². The number of carbonyl (C=O) groups excluding carboxylic acids is 4. The quantitative estimate of drug-likeness (QED) is 0.140. The van der Waals surface area contributed by atoms with Crippen molar-refractivity contribution in [2.75, 3.05) is 12.0 Å². The molecule has 2 aromatic carbocycles. The van der Waals surface area contributed by atoms with Gasteiger partial charge in [0.15, 0.2) is 0 Å². The van der Waals surface area contributed by atoms with Crippen molar-refractivity contribution in [1.82, 2.24) is 16.0 Å². The Morgan fingerprint density at radius 2 is 1.35 bits per heavy atom. The summed E-state index contributed by atoms with van der Waals surface area (Å²) in [7, 11) is 0. The largest absolute Gasteiger partial charge is 0.508 e. The van der Waals surface area contributed by atoms with E-state index in [0.29, 0.717) is 16.9 Å². The molecule has 13 heteroatoms. The summed E-state index contributed by atoms with van der Waals surface area (Å²) < 4.78 is 0. The van der Waals surface area contributed by atoms with Gasteiger partial charge in [0.2, 0.25) is 23.6 Å². The van der Waals surface area contributed by atoms with Crippen molar-refractivity contribution in [1.29, 1.82) is 0 Å². The van der Waals surface area contributed by atoms with Crippen LogP contribution in [0.2, 0.25) is 0 Å². The van der Waals surface area contributed by atoms with Gasteiger partial charge >= 0.3 is 5.97 Å². The van der Waals surface area contributed by atoms with E-state index in [-0.39, 0.29) is 25.0 Å². The van der Waals surface area contributed by atoms with Gasteiger partial charge in [-0.3, -0.25) is 19.2 Å². The number of rotatable bonds is 16. The van der Waals surface area contributed by atoms with Crippen molar-refractivity contribution in [2.45, 2.75) is 49.9 Å². The molecule has 4 amide bonds. The molecule has 0 radical (unpaired) electrons. The molecule has 0 spiro atoms. The van der Waals surface area contributed by atoms with Crippen LogP contribution in [0.15, 0.2) is 54.6 Å². The summed E-state index contributed by atoms with van der Waals surface area (Å²) in [6.45, 7) is 0.